The van der Waals surface area contributed by atoms with Crippen LogP contribution in [-0.2, 0) is 15.9 Å². The number of rotatable bonds is 2. The molecule has 0 spiro atoms. The molecule has 32 heavy (non-hydrogen) atoms. The third-order valence-electron chi connectivity index (χ3n) is 7.62. The molecule has 164 valence electrons. The monoisotopic (exact) mass is 538 g/mol. The predicted molar refractivity (Wildman–Crippen MR) is 138 cm³/mol. The van der Waals surface area contributed by atoms with Crippen LogP contribution in [0.15, 0.2) is 78.9 Å². The summed E-state index contributed by atoms with van der Waals surface area (Å²) in [5, 5.41) is 0. The van der Waals surface area contributed by atoms with Crippen LogP contribution in [0.1, 0.15) is 64.1 Å². The Balaban J connectivity index is 1.87. The molecule has 0 saturated carbocycles. The molecular formula is C29H30Cl2Zr. The van der Waals surface area contributed by atoms with Crippen LogP contribution in [0.3, 0.4) is 0 Å². The van der Waals surface area contributed by atoms with Crippen LogP contribution in [-0.4, -0.2) is 3.21 Å². The van der Waals surface area contributed by atoms with Crippen LogP contribution >= 0.6 is 17.0 Å². The van der Waals surface area contributed by atoms with Gasteiger partial charge in [0.25, 0.3) is 0 Å². The minimum atomic E-state index is -4.77. The topological polar surface area (TPSA) is 0 Å². The van der Waals surface area contributed by atoms with Gasteiger partial charge in [0.2, 0.25) is 0 Å². The number of benzene rings is 3. The molecule has 0 aromatic heterocycles. The molecule has 0 aliphatic heterocycles. The zero-order valence-electron chi connectivity index (χ0n) is 19.4. The summed E-state index contributed by atoms with van der Waals surface area (Å²) in [6, 6.07) is 26.2. The van der Waals surface area contributed by atoms with Crippen LogP contribution in [0.25, 0.3) is 16.7 Å². The van der Waals surface area contributed by atoms with Crippen LogP contribution in [0.4, 0.5) is 0 Å². The van der Waals surface area contributed by atoms with E-state index in [2.05, 4.69) is 113 Å². The maximum absolute atomic E-state index is 8.13. The number of allylic oxidation sites excluding steroid dienone is 2. The average molecular weight is 541 g/mol. The van der Waals surface area contributed by atoms with Gasteiger partial charge in [0.1, 0.15) is 0 Å². The molecule has 1 unspecified atom stereocenters. The van der Waals surface area contributed by atoms with Crippen molar-refractivity contribution in [1.82, 2.24) is 0 Å². The first kappa shape index (κ1) is 22.5. The summed E-state index contributed by atoms with van der Waals surface area (Å²) in [7, 11) is 16.3. The SMILES string of the molecule is C[C](C)=[Zr]([Cl])([Cl])([CH]1C=C(C(C)(C)C)c2ccccc21)[CH]1c2ccccc2-c2ccccc21. The molecule has 3 aromatic rings. The second-order valence-corrected chi connectivity index (χ2v) is 32.5. The van der Waals surface area contributed by atoms with E-state index in [1.54, 1.807) is 0 Å². The van der Waals surface area contributed by atoms with Gasteiger partial charge in [-0.2, -0.15) is 0 Å². The van der Waals surface area contributed by atoms with E-state index in [-0.39, 0.29) is 12.7 Å². The summed E-state index contributed by atoms with van der Waals surface area (Å²) < 4.78 is 1.29. The summed E-state index contributed by atoms with van der Waals surface area (Å²) in [5.74, 6) is 0. The van der Waals surface area contributed by atoms with E-state index in [0.717, 1.165) is 0 Å². The second kappa shape index (κ2) is 7.36. The summed E-state index contributed by atoms with van der Waals surface area (Å²) in [6.45, 7) is 11.2. The molecule has 0 fully saturated rings. The van der Waals surface area contributed by atoms with Gasteiger partial charge in [0.05, 0.1) is 0 Å². The maximum atomic E-state index is 8.13. The van der Waals surface area contributed by atoms with Crippen molar-refractivity contribution in [3.63, 3.8) is 0 Å². The Kier molecular flexibility index (Phi) is 5.18. The summed E-state index contributed by atoms with van der Waals surface area (Å²) in [4.78, 5) is 0. The van der Waals surface area contributed by atoms with Crippen molar-refractivity contribution in [1.29, 1.82) is 0 Å². The zero-order chi connectivity index (χ0) is 22.9. The average Bonchev–Trinajstić information content (AvgIpc) is 3.31. The van der Waals surface area contributed by atoms with Crippen molar-refractivity contribution in [3.8, 4) is 11.1 Å². The Hall–Kier alpha value is -1.27. The van der Waals surface area contributed by atoms with E-state index in [1.807, 2.05) is 0 Å². The van der Waals surface area contributed by atoms with Crippen LogP contribution in [0.5, 0.6) is 0 Å². The first-order valence-electron chi connectivity index (χ1n) is 11.4. The summed E-state index contributed by atoms with van der Waals surface area (Å²) >= 11 is -4.77. The molecule has 5 rings (SSSR count). The summed E-state index contributed by atoms with van der Waals surface area (Å²) in [5.41, 5.74) is 9.14. The van der Waals surface area contributed by atoms with Gasteiger partial charge in [-0.05, 0) is 0 Å². The molecule has 1 atom stereocenters. The van der Waals surface area contributed by atoms with Crippen LogP contribution < -0.4 is 0 Å². The Morgan fingerprint density at radius 2 is 1.12 bits per heavy atom. The van der Waals surface area contributed by atoms with E-state index in [9.17, 15) is 0 Å². The van der Waals surface area contributed by atoms with Crippen molar-refractivity contribution in [2.75, 3.05) is 0 Å². The molecule has 0 saturated heterocycles. The Labute approximate surface area is 200 Å². The molecule has 0 heterocycles. The van der Waals surface area contributed by atoms with Gasteiger partial charge in [0.15, 0.2) is 0 Å². The van der Waals surface area contributed by atoms with Gasteiger partial charge in [-0.15, -0.1) is 0 Å². The van der Waals surface area contributed by atoms with Crippen molar-refractivity contribution < 1.29 is 15.9 Å². The quantitative estimate of drug-likeness (QED) is 0.304. The number of hydrogen-bond acceptors (Lipinski definition) is 0. The van der Waals surface area contributed by atoms with Crippen LogP contribution in [0, 0.1) is 5.41 Å². The van der Waals surface area contributed by atoms with Crippen molar-refractivity contribution in [2.24, 2.45) is 5.41 Å². The molecule has 2 aliphatic rings. The molecule has 0 N–H and O–H groups in total. The van der Waals surface area contributed by atoms with Crippen molar-refractivity contribution in [2.45, 2.75) is 41.9 Å². The Morgan fingerprint density at radius 1 is 0.688 bits per heavy atom. The predicted octanol–water partition coefficient (Wildman–Crippen LogP) is 9.15. The van der Waals surface area contributed by atoms with Crippen molar-refractivity contribution in [3.05, 3.63) is 101 Å². The van der Waals surface area contributed by atoms with Gasteiger partial charge in [-0.25, -0.2) is 0 Å². The third-order valence-corrected chi connectivity index (χ3v) is 30.3. The first-order valence-corrected chi connectivity index (χ1v) is 21.8. The molecule has 0 nitrogen and oxygen atoms in total. The van der Waals surface area contributed by atoms with Crippen molar-refractivity contribution >= 4 is 25.8 Å². The molecule has 0 amide bonds. The second-order valence-electron chi connectivity index (χ2n) is 10.7. The van der Waals surface area contributed by atoms with Gasteiger partial charge in [-0.3, -0.25) is 0 Å². The fourth-order valence-corrected chi connectivity index (χ4v) is 21.9. The number of halogens is 2. The van der Waals surface area contributed by atoms with E-state index in [4.69, 9.17) is 17.0 Å². The molecule has 3 heteroatoms. The van der Waals surface area contributed by atoms with Gasteiger partial charge >= 0.3 is 201 Å². The molecule has 0 bridgehead atoms. The zero-order valence-corrected chi connectivity index (χ0v) is 23.4. The minimum absolute atomic E-state index is 0.0227. The normalized spacial score (nSPS) is 18.1. The molecule has 3 aromatic carbocycles. The van der Waals surface area contributed by atoms with E-state index >= 15 is 0 Å². The first-order chi connectivity index (χ1) is 15.0. The van der Waals surface area contributed by atoms with Gasteiger partial charge < -0.3 is 0 Å². The Bertz CT molecular complexity index is 1300. The van der Waals surface area contributed by atoms with E-state index < -0.39 is 15.9 Å². The van der Waals surface area contributed by atoms with Gasteiger partial charge in [-0.1, -0.05) is 0 Å². The van der Waals surface area contributed by atoms with Crippen LogP contribution in [0.2, 0.25) is 0 Å². The fraction of sp³-hybridized carbons (Fsp3) is 0.276. The molecular weight excluding hydrogens is 510 g/mol. The third kappa shape index (κ3) is 3.01. The van der Waals surface area contributed by atoms with E-state index in [0.29, 0.717) is 0 Å². The van der Waals surface area contributed by atoms with Gasteiger partial charge in [0, 0.05) is 0 Å². The fourth-order valence-electron chi connectivity index (χ4n) is 5.96. The number of hydrogen-bond donors (Lipinski definition) is 0. The summed E-state index contributed by atoms with van der Waals surface area (Å²) in [6.07, 6.45) is 2.44. The molecule has 2 aliphatic carbocycles. The Morgan fingerprint density at radius 3 is 1.59 bits per heavy atom. The number of fused-ring (bicyclic) bond motifs is 4. The molecule has 0 radical (unpaired) electrons. The van der Waals surface area contributed by atoms with E-state index in [1.165, 1.54) is 42.2 Å². The standard InChI is InChI=1S/C13H9.C13H15.C3H6.2ClH.Zr/c1-3-7-12-10(5-1)9-11-6-2-4-8-13(11)12;1-13(2,3)12-9-8-10-6-4-5-7-11(10)12;1-3-2;;;/h1-9H;4-9H,1-3H3;1-2H3;2*1H;/q;;;;;+2/p-2.